The molecule has 0 spiro atoms. The van der Waals surface area contributed by atoms with Crippen LogP contribution in [-0.2, 0) is 18.4 Å². The number of aromatic nitrogens is 3. The van der Waals surface area contributed by atoms with Gasteiger partial charge in [0.15, 0.2) is 0 Å². The predicted octanol–water partition coefficient (Wildman–Crippen LogP) is -0.569. The Hall–Kier alpha value is -1.43. The van der Waals surface area contributed by atoms with Crippen LogP contribution in [0.1, 0.15) is 19.0 Å². The molecule has 0 atom stereocenters. The van der Waals surface area contributed by atoms with Crippen LogP contribution in [-0.4, -0.2) is 34.0 Å². The molecule has 0 aromatic carbocycles. The highest BCUT2D eigenvalue weighted by molar-refractivity contribution is 5.75. The molecule has 1 rings (SSSR count). The maximum Gasteiger partial charge on any atom is 0.221 e. The first kappa shape index (κ1) is 11.6. The predicted molar refractivity (Wildman–Crippen MR) is 56.0 cm³/mol. The molecule has 6 nitrogen and oxygen atoms in total. The van der Waals surface area contributed by atoms with Crippen LogP contribution in [0.2, 0.25) is 0 Å². The third-order valence-corrected chi connectivity index (χ3v) is 1.86. The van der Waals surface area contributed by atoms with Crippen molar-refractivity contribution in [3.63, 3.8) is 0 Å². The number of carbonyl (C=O) groups excluding carboxylic acids is 1. The Balaban J connectivity index is 2.09. The van der Waals surface area contributed by atoms with E-state index in [-0.39, 0.29) is 5.91 Å². The second-order valence-electron chi connectivity index (χ2n) is 3.26. The van der Waals surface area contributed by atoms with Gasteiger partial charge in [0.05, 0.1) is 5.69 Å². The highest BCUT2D eigenvalue weighted by atomic mass is 16.1. The van der Waals surface area contributed by atoms with E-state index in [0.29, 0.717) is 26.1 Å². The molecule has 1 heterocycles. The zero-order chi connectivity index (χ0) is 11.1. The first-order valence-corrected chi connectivity index (χ1v) is 5.05. The molecule has 0 fully saturated rings. The van der Waals surface area contributed by atoms with Gasteiger partial charge in [-0.05, 0) is 6.92 Å². The molecule has 6 heteroatoms. The summed E-state index contributed by atoms with van der Waals surface area (Å²) in [6, 6.07) is 0. The van der Waals surface area contributed by atoms with Crippen LogP contribution >= 0.6 is 0 Å². The van der Waals surface area contributed by atoms with E-state index < -0.39 is 0 Å². The standard InChI is InChI=1S/C9H17N5O/c1-3-11-9(15)4-5-10-6-8-7-14(2)13-12-8/h7,10H,3-6H2,1-2H3,(H,11,15). The minimum absolute atomic E-state index is 0.0733. The highest BCUT2D eigenvalue weighted by Crippen LogP contribution is 1.89. The molecule has 0 saturated heterocycles. The summed E-state index contributed by atoms with van der Waals surface area (Å²) >= 11 is 0. The lowest BCUT2D eigenvalue weighted by Gasteiger charge is -2.02. The van der Waals surface area contributed by atoms with E-state index in [4.69, 9.17) is 0 Å². The molecule has 0 aliphatic rings. The van der Waals surface area contributed by atoms with Crippen molar-refractivity contribution in [2.24, 2.45) is 7.05 Å². The van der Waals surface area contributed by atoms with Crippen LogP contribution in [0, 0.1) is 0 Å². The number of nitrogens with one attached hydrogen (secondary N) is 2. The smallest absolute Gasteiger partial charge is 0.221 e. The quantitative estimate of drug-likeness (QED) is 0.618. The fraction of sp³-hybridized carbons (Fsp3) is 0.667. The second-order valence-corrected chi connectivity index (χ2v) is 3.26. The Morgan fingerprint density at radius 3 is 3.00 bits per heavy atom. The minimum Gasteiger partial charge on any atom is -0.356 e. The summed E-state index contributed by atoms with van der Waals surface area (Å²) in [5.41, 5.74) is 0.883. The number of nitrogens with zero attached hydrogens (tertiary/aromatic N) is 3. The van der Waals surface area contributed by atoms with Gasteiger partial charge >= 0.3 is 0 Å². The largest absolute Gasteiger partial charge is 0.356 e. The summed E-state index contributed by atoms with van der Waals surface area (Å²) in [6.07, 6.45) is 2.34. The molecule has 0 unspecified atom stereocenters. The van der Waals surface area contributed by atoms with Gasteiger partial charge in [-0.2, -0.15) is 0 Å². The number of aryl methyl sites for hydroxylation is 1. The summed E-state index contributed by atoms with van der Waals surface area (Å²) in [7, 11) is 1.82. The van der Waals surface area contributed by atoms with Gasteiger partial charge in [-0.3, -0.25) is 9.48 Å². The summed E-state index contributed by atoms with van der Waals surface area (Å²) in [6.45, 7) is 3.89. The van der Waals surface area contributed by atoms with Crippen molar-refractivity contribution in [1.82, 2.24) is 25.6 Å². The average molecular weight is 211 g/mol. The van der Waals surface area contributed by atoms with Crippen LogP contribution in [0.4, 0.5) is 0 Å². The summed E-state index contributed by atoms with van der Waals surface area (Å²) < 4.78 is 1.65. The molecular formula is C9H17N5O. The van der Waals surface area contributed by atoms with Gasteiger partial charge in [0.1, 0.15) is 0 Å². The van der Waals surface area contributed by atoms with Gasteiger partial charge < -0.3 is 10.6 Å². The number of carbonyl (C=O) groups is 1. The van der Waals surface area contributed by atoms with Gasteiger partial charge in [0, 0.05) is 39.3 Å². The van der Waals surface area contributed by atoms with Crippen molar-refractivity contribution in [2.75, 3.05) is 13.1 Å². The fourth-order valence-electron chi connectivity index (χ4n) is 1.18. The van der Waals surface area contributed by atoms with E-state index in [1.165, 1.54) is 0 Å². The number of hydrogen-bond acceptors (Lipinski definition) is 4. The normalized spacial score (nSPS) is 10.3. The van der Waals surface area contributed by atoms with Gasteiger partial charge in [0.2, 0.25) is 5.91 Å². The van der Waals surface area contributed by atoms with Crippen molar-refractivity contribution < 1.29 is 4.79 Å². The highest BCUT2D eigenvalue weighted by Gasteiger charge is 2.00. The molecule has 2 N–H and O–H groups in total. The fourth-order valence-corrected chi connectivity index (χ4v) is 1.18. The second kappa shape index (κ2) is 6.13. The number of rotatable bonds is 6. The molecule has 0 saturated carbocycles. The van der Waals surface area contributed by atoms with E-state index in [9.17, 15) is 4.79 Å². The molecule has 15 heavy (non-hydrogen) atoms. The lowest BCUT2D eigenvalue weighted by molar-refractivity contribution is -0.120. The van der Waals surface area contributed by atoms with Crippen LogP contribution in [0.25, 0.3) is 0 Å². The molecular weight excluding hydrogens is 194 g/mol. The first-order valence-electron chi connectivity index (χ1n) is 5.05. The summed E-state index contributed by atoms with van der Waals surface area (Å²) in [5, 5.41) is 13.6. The van der Waals surface area contributed by atoms with Gasteiger partial charge in [-0.15, -0.1) is 5.10 Å². The van der Waals surface area contributed by atoms with Gasteiger partial charge in [-0.1, -0.05) is 5.21 Å². The Bertz CT molecular complexity index is 309. The monoisotopic (exact) mass is 211 g/mol. The Morgan fingerprint density at radius 1 is 1.60 bits per heavy atom. The third-order valence-electron chi connectivity index (χ3n) is 1.86. The van der Waals surface area contributed by atoms with Crippen molar-refractivity contribution in [2.45, 2.75) is 19.9 Å². The zero-order valence-corrected chi connectivity index (χ0v) is 9.16. The summed E-state index contributed by atoms with van der Waals surface area (Å²) in [4.78, 5) is 11.1. The Kier molecular flexibility index (Phi) is 4.76. The molecule has 0 aliphatic carbocycles. The van der Waals surface area contributed by atoms with Crippen molar-refractivity contribution in [3.8, 4) is 0 Å². The Labute approximate surface area is 89.0 Å². The molecule has 0 aliphatic heterocycles. The average Bonchev–Trinajstić information content (AvgIpc) is 2.60. The molecule has 0 bridgehead atoms. The SMILES string of the molecule is CCNC(=O)CCNCc1cn(C)nn1. The topological polar surface area (TPSA) is 71.8 Å². The van der Waals surface area contributed by atoms with Crippen molar-refractivity contribution in [3.05, 3.63) is 11.9 Å². The lowest BCUT2D eigenvalue weighted by Crippen LogP contribution is -2.27. The maximum atomic E-state index is 11.1. The molecule has 84 valence electrons. The Morgan fingerprint density at radius 2 is 2.40 bits per heavy atom. The first-order chi connectivity index (χ1) is 7.22. The van der Waals surface area contributed by atoms with E-state index in [0.717, 1.165) is 5.69 Å². The van der Waals surface area contributed by atoms with E-state index >= 15 is 0 Å². The van der Waals surface area contributed by atoms with Crippen LogP contribution in [0.5, 0.6) is 0 Å². The maximum absolute atomic E-state index is 11.1. The van der Waals surface area contributed by atoms with E-state index in [1.807, 2.05) is 20.2 Å². The van der Waals surface area contributed by atoms with Gasteiger partial charge in [0.25, 0.3) is 0 Å². The zero-order valence-electron chi connectivity index (χ0n) is 9.16. The van der Waals surface area contributed by atoms with E-state index in [1.54, 1.807) is 4.68 Å². The minimum atomic E-state index is 0.0733. The third kappa shape index (κ3) is 4.55. The molecule has 1 amide bonds. The van der Waals surface area contributed by atoms with Crippen LogP contribution in [0.15, 0.2) is 6.20 Å². The molecule has 0 radical (unpaired) electrons. The van der Waals surface area contributed by atoms with Gasteiger partial charge in [-0.25, -0.2) is 0 Å². The van der Waals surface area contributed by atoms with E-state index in [2.05, 4.69) is 20.9 Å². The van der Waals surface area contributed by atoms with Crippen LogP contribution in [0.3, 0.4) is 0 Å². The number of hydrogen-bond donors (Lipinski definition) is 2. The lowest BCUT2D eigenvalue weighted by atomic mass is 10.4. The molecule has 1 aromatic rings. The number of amides is 1. The summed E-state index contributed by atoms with van der Waals surface area (Å²) in [5.74, 6) is 0.0733. The van der Waals surface area contributed by atoms with Crippen molar-refractivity contribution in [1.29, 1.82) is 0 Å². The van der Waals surface area contributed by atoms with Crippen LogP contribution < -0.4 is 10.6 Å². The molecule has 1 aromatic heterocycles. The van der Waals surface area contributed by atoms with Crippen molar-refractivity contribution >= 4 is 5.91 Å².